The predicted octanol–water partition coefficient (Wildman–Crippen LogP) is 1.75. The summed E-state index contributed by atoms with van der Waals surface area (Å²) < 4.78 is 11.7. The summed E-state index contributed by atoms with van der Waals surface area (Å²) >= 11 is 0. The molecule has 2 heterocycles. The second-order valence-electron chi connectivity index (χ2n) is 4.41. The third-order valence-corrected chi connectivity index (χ3v) is 3.26. The van der Waals surface area contributed by atoms with Crippen LogP contribution in [0.2, 0.25) is 0 Å². The van der Waals surface area contributed by atoms with Crippen LogP contribution in [0.1, 0.15) is 18.4 Å². The van der Waals surface area contributed by atoms with Gasteiger partial charge in [-0.25, -0.2) is 0 Å². The standard InChI is InChI=1S/C13H17NO2/c1-2-10-6-9-15-13(10)12(3-1)16-11-4-7-14-8-5-11/h1-3,11,14H,4-9H2. The van der Waals surface area contributed by atoms with E-state index in [1.165, 1.54) is 5.56 Å². The molecule has 86 valence electrons. The second-order valence-corrected chi connectivity index (χ2v) is 4.41. The number of fused-ring (bicyclic) bond motifs is 1. The zero-order valence-electron chi connectivity index (χ0n) is 9.37. The van der Waals surface area contributed by atoms with Crippen molar-refractivity contribution >= 4 is 0 Å². The zero-order valence-corrected chi connectivity index (χ0v) is 9.37. The summed E-state index contributed by atoms with van der Waals surface area (Å²) in [7, 11) is 0. The van der Waals surface area contributed by atoms with Crippen molar-refractivity contribution in [1.82, 2.24) is 5.32 Å². The Balaban J connectivity index is 1.76. The van der Waals surface area contributed by atoms with Gasteiger partial charge in [-0.1, -0.05) is 12.1 Å². The lowest BCUT2D eigenvalue weighted by Crippen LogP contribution is -2.34. The Hall–Kier alpha value is -1.22. The molecule has 2 aliphatic heterocycles. The normalized spacial score (nSPS) is 20.2. The largest absolute Gasteiger partial charge is 0.489 e. The number of hydrogen-bond acceptors (Lipinski definition) is 3. The van der Waals surface area contributed by atoms with Crippen molar-refractivity contribution in [2.75, 3.05) is 19.7 Å². The Bertz CT molecular complexity index is 372. The molecule has 3 nitrogen and oxygen atoms in total. The Morgan fingerprint density at radius 1 is 1.25 bits per heavy atom. The van der Waals surface area contributed by atoms with Gasteiger partial charge in [-0.2, -0.15) is 0 Å². The highest BCUT2D eigenvalue weighted by atomic mass is 16.5. The molecular weight excluding hydrogens is 202 g/mol. The van der Waals surface area contributed by atoms with Crippen LogP contribution in [-0.4, -0.2) is 25.8 Å². The van der Waals surface area contributed by atoms with Crippen molar-refractivity contribution in [3.05, 3.63) is 23.8 Å². The van der Waals surface area contributed by atoms with Crippen LogP contribution in [0.3, 0.4) is 0 Å². The number of ether oxygens (including phenoxy) is 2. The van der Waals surface area contributed by atoms with Crippen molar-refractivity contribution < 1.29 is 9.47 Å². The molecule has 2 aliphatic rings. The first-order valence-corrected chi connectivity index (χ1v) is 6.05. The molecule has 0 saturated carbocycles. The Labute approximate surface area is 95.8 Å². The van der Waals surface area contributed by atoms with Crippen molar-refractivity contribution in [3.8, 4) is 11.5 Å². The van der Waals surface area contributed by atoms with Gasteiger partial charge in [-0.15, -0.1) is 0 Å². The van der Waals surface area contributed by atoms with Crippen LogP contribution < -0.4 is 14.8 Å². The number of para-hydroxylation sites is 1. The van der Waals surface area contributed by atoms with Gasteiger partial charge >= 0.3 is 0 Å². The van der Waals surface area contributed by atoms with Crippen LogP contribution >= 0.6 is 0 Å². The summed E-state index contributed by atoms with van der Waals surface area (Å²) in [6.07, 6.45) is 3.53. The van der Waals surface area contributed by atoms with E-state index in [9.17, 15) is 0 Å². The van der Waals surface area contributed by atoms with E-state index in [0.717, 1.165) is 50.5 Å². The maximum absolute atomic E-state index is 6.03. The molecule has 3 heteroatoms. The van der Waals surface area contributed by atoms with Crippen LogP contribution in [0.4, 0.5) is 0 Å². The number of hydrogen-bond donors (Lipinski definition) is 1. The molecule has 0 bridgehead atoms. The Morgan fingerprint density at radius 2 is 2.12 bits per heavy atom. The molecule has 0 atom stereocenters. The highest BCUT2D eigenvalue weighted by Gasteiger charge is 2.20. The van der Waals surface area contributed by atoms with Gasteiger partial charge in [0, 0.05) is 12.0 Å². The minimum absolute atomic E-state index is 0.344. The molecule has 1 N–H and O–H groups in total. The van der Waals surface area contributed by atoms with Crippen molar-refractivity contribution in [3.63, 3.8) is 0 Å². The monoisotopic (exact) mass is 219 g/mol. The highest BCUT2D eigenvalue weighted by molar-refractivity contribution is 5.48. The van der Waals surface area contributed by atoms with Gasteiger partial charge in [0.1, 0.15) is 6.10 Å². The summed E-state index contributed by atoms with van der Waals surface area (Å²) in [5.74, 6) is 1.91. The minimum atomic E-state index is 0.344. The predicted molar refractivity (Wildman–Crippen MR) is 62.2 cm³/mol. The van der Waals surface area contributed by atoms with Crippen LogP contribution in [0.5, 0.6) is 11.5 Å². The van der Waals surface area contributed by atoms with E-state index >= 15 is 0 Å². The fourth-order valence-corrected chi connectivity index (χ4v) is 2.37. The van der Waals surface area contributed by atoms with Gasteiger partial charge < -0.3 is 14.8 Å². The fourth-order valence-electron chi connectivity index (χ4n) is 2.37. The van der Waals surface area contributed by atoms with E-state index in [0.29, 0.717) is 6.10 Å². The molecule has 16 heavy (non-hydrogen) atoms. The van der Waals surface area contributed by atoms with Crippen molar-refractivity contribution in [2.24, 2.45) is 0 Å². The molecule has 1 fully saturated rings. The molecule has 1 saturated heterocycles. The molecule has 0 spiro atoms. The lowest BCUT2D eigenvalue weighted by atomic mass is 10.1. The topological polar surface area (TPSA) is 30.5 Å². The highest BCUT2D eigenvalue weighted by Crippen LogP contribution is 2.36. The minimum Gasteiger partial charge on any atom is -0.489 e. The maximum atomic E-state index is 6.03. The summed E-state index contributed by atoms with van der Waals surface area (Å²) in [5, 5.41) is 3.34. The summed E-state index contributed by atoms with van der Waals surface area (Å²) in [6.45, 7) is 2.91. The van der Waals surface area contributed by atoms with Crippen LogP contribution in [0.15, 0.2) is 18.2 Å². The summed E-state index contributed by atoms with van der Waals surface area (Å²) in [6, 6.07) is 6.20. The van der Waals surface area contributed by atoms with Crippen LogP contribution in [-0.2, 0) is 6.42 Å². The lowest BCUT2D eigenvalue weighted by Gasteiger charge is -2.24. The lowest BCUT2D eigenvalue weighted by molar-refractivity contribution is 0.156. The van der Waals surface area contributed by atoms with E-state index in [2.05, 4.69) is 17.4 Å². The zero-order chi connectivity index (χ0) is 10.8. The van der Waals surface area contributed by atoms with Crippen LogP contribution in [0.25, 0.3) is 0 Å². The summed E-state index contributed by atoms with van der Waals surface area (Å²) in [5.41, 5.74) is 1.28. The van der Waals surface area contributed by atoms with Gasteiger partial charge in [0.15, 0.2) is 11.5 Å². The van der Waals surface area contributed by atoms with Gasteiger partial charge in [-0.3, -0.25) is 0 Å². The van der Waals surface area contributed by atoms with Crippen molar-refractivity contribution in [2.45, 2.75) is 25.4 Å². The van der Waals surface area contributed by atoms with Crippen molar-refractivity contribution in [1.29, 1.82) is 0 Å². The van der Waals surface area contributed by atoms with E-state index in [1.54, 1.807) is 0 Å². The van der Waals surface area contributed by atoms with Gasteiger partial charge in [0.25, 0.3) is 0 Å². The molecular formula is C13H17NO2. The molecule has 1 aromatic carbocycles. The van der Waals surface area contributed by atoms with E-state index < -0.39 is 0 Å². The average Bonchev–Trinajstić information content (AvgIpc) is 2.80. The molecule has 0 radical (unpaired) electrons. The first kappa shape index (κ1) is 9.97. The summed E-state index contributed by atoms with van der Waals surface area (Å²) in [4.78, 5) is 0. The number of piperidine rings is 1. The average molecular weight is 219 g/mol. The SMILES string of the molecule is c1cc2c(c(OC3CCNCC3)c1)OCC2. The van der Waals surface area contributed by atoms with Gasteiger partial charge in [0.05, 0.1) is 6.61 Å². The molecule has 0 unspecified atom stereocenters. The first-order chi connectivity index (χ1) is 7.93. The molecule has 1 aromatic rings. The number of benzene rings is 1. The maximum Gasteiger partial charge on any atom is 0.164 e. The van der Waals surface area contributed by atoms with Gasteiger partial charge in [-0.05, 0) is 32.0 Å². The quantitative estimate of drug-likeness (QED) is 0.822. The number of nitrogens with one attached hydrogen (secondary N) is 1. The molecule has 0 amide bonds. The van der Waals surface area contributed by atoms with Crippen LogP contribution in [0, 0.1) is 0 Å². The Kier molecular flexibility index (Phi) is 2.70. The third-order valence-electron chi connectivity index (χ3n) is 3.26. The smallest absolute Gasteiger partial charge is 0.164 e. The molecule has 0 aromatic heterocycles. The first-order valence-electron chi connectivity index (χ1n) is 6.05. The van der Waals surface area contributed by atoms with Gasteiger partial charge in [0.2, 0.25) is 0 Å². The third kappa shape index (κ3) is 1.87. The Morgan fingerprint density at radius 3 is 3.00 bits per heavy atom. The van der Waals surface area contributed by atoms with E-state index in [1.807, 2.05) is 6.07 Å². The van der Waals surface area contributed by atoms with E-state index in [-0.39, 0.29) is 0 Å². The fraction of sp³-hybridized carbons (Fsp3) is 0.538. The molecule has 0 aliphatic carbocycles. The molecule has 3 rings (SSSR count). The second kappa shape index (κ2) is 4.34. The van der Waals surface area contributed by atoms with E-state index in [4.69, 9.17) is 9.47 Å². The number of rotatable bonds is 2.